The molecule has 1 saturated heterocycles. The fraction of sp³-hybridized carbons (Fsp3) is 0.226. The maximum atomic E-state index is 14.1. The van der Waals surface area contributed by atoms with E-state index in [4.69, 9.17) is 21.8 Å². The maximum Gasteiger partial charge on any atom is 0.255 e. The van der Waals surface area contributed by atoms with Crippen molar-refractivity contribution in [2.24, 2.45) is 0 Å². The summed E-state index contributed by atoms with van der Waals surface area (Å²) in [5.74, 6) is 1.13. The van der Waals surface area contributed by atoms with Gasteiger partial charge in [-0.2, -0.15) is 0 Å². The molecule has 0 unspecified atom stereocenters. The molecule has 1 aromatic carbocycles. The summed E-state index contributed by atoms with van der Waals surface area (Å²) in [7, 11) is 0. The van der Waals surface area contributed by atoms with Crippen LogP contribution >= 0.6 is 11.6 Å². The van der Waals surface area contributed by atoms with Gasteiger partial charge in [0, 0.05) is 42.7 Å². The first kappa shape index (κ1) is 28.0. The fourth-order valence-corrected chi connectivity index (χ4v) is 4.74. The van der Waals surface area contributed by atoms with Crippen LogP contribution in [-0.4, -0.2) is 45.4 Å². The number of nitrogens with one attached hydrogen (secondary N) is 1. The fourth-order valence-electron chi connectivity index (χ4n) is 4.46. The number of piperidine rings is 1. The Bertz CT molecular complexity index is 1570. The molecule has 4 heterocycles. The lowest BCUT2D eigenvalue weighted by Gasteiger charge is -2.34. The smallest absolute Gasteiger partial charge is 0.255 e. The van der Waals surface area contributed by atoms with Crippen molar-refractivity contribution in [3.8, 4) is 22.6 Å². The molecular formula is C31H29ClFN5O3. The third-order valence-corrected chi connectivity index (χ3v) is 7.28. The highest BCUT2D eigenvalue weighted by molar-refractivity contribution is 6.33. The zero-order valence-corrected chi connectivity index (χ0v) is 23.2. The van der Waals surface area contributed by atoms with Crippen molar-refractivity contribution >= 4 is 35.3 Å². The van der Waals surface area contributed by atoms with E-state index in [0.29, 0.717) is 65.1 Å². The third kappa shape index (κ3) is 6.99. The Kier molecular flexibility index (Phi) is 8.16. The van der Waals surface area contributed by atoms with Gasteiger partial charge in [-0.3, -0.25) is 14.6 Å². The number of pyridine rings is 2. The minimum absolute atomic E-state index is 0.145. The second-order valence-corrected chi connectivity index (χ2v) is 10.6. The number of anilines is 1. The number of aromatic nitrogens is 2. The van der Waals surface area contributed by atoms with Crippen molar-refractivity contribution in [2.45, 2.75) is 32.0 Å². The highest BCUT2D eigenvalue weighted by Crippen LogP contribution is 2.33. The summed E-state index contributed by atoms with van der Waals surface area (Å²) in [5, 5.41) is 3.25. The molecule has 0 spiro atoms. The van der Waals surface area contributed by atoms with Crippen LogP contribution in [0, 0.1) is 0 Å². The third-order valence-electron chi connectivity index (χ3n) is 6.97. The van der Waals surface area contributed by atoms with Crippen LogP contribution in [0.2, 0.25) is 5.02 Å². The Hall–Kier alpha value is -4.50. The topological polar surface area (TPSA) is 114 Å². The van der Waals surface area contributed by atoms with Crippen molar-refractivity contribution < 1.29 is 18.4 Å². The average Bonchev–Trinajstić information content (AvgIpc) is 3.44. The van der Waals surface area contributed by atoms with Gasteiger partial charge in [-0.1, -0.05) is 17.7 Å². The molecular weight excluding hydrogens is 545 g/mol. The largest absolute Gasteiger partial charge is 0.459 e. The first-order valence-electron chi connectivity index (χ1n) is 13.2. The van der Waals surface area contributed by atoms with E-state index in [0.717, 1.165) is 11.1 Å². The van der Waals surface area contributed by atoms with Crippen molar-refractivity contribution in [1.82, 2.24) is 20.2 Å². The number of halogens is 2. The van der Waals surface area contributed by atoms with Gasteiger partial charge in [0.15, 0.2) is 0 Å². The summed E-state index contributed by atoms with van der Waals surface area (Å²) >= 11 is 6.60. The van der Waals surface area contributed by atoms with E-state index >= 15 is 0 Å². The van der Waals surface area contributed by atoms with Crippen LogP contribution in [0.1, 0.15) is 41.4 Å². The summed E-state index contributed by atoms with van der Waals surface area (Å²) < 4.78 is 20.0. The number of amides is 2. The van der Waals surface area contributed by atoms with E-state index in [-0.39, 0.29) is 18.4 Å². The molecule has 41 heavy (non-hydrogen) atoms. The van der Waals surface area contributed by atoms with E-state index in [1.165, 1.54) is 12.3 Å². The predicted molar refractivity (Wildman–Crippen MR) is 157 cm³/mol. The van der Waals surface area contributed by atoms with Crippen LogP contribution in [0.15, 0.2) is 77.5 Å². The van der Waals surface area contributed by atoms with Gasteiger partial charge < -0.3 is 20.4 Å². The summed E-state index contributed by atoms with van der Waals surface area (Å²) in [6.07, 6.45) is 6.85. The number of alkyl halides is 1. The Morgan fingerprint density at radius 2 is 1.90 bits per heavy atom. The molecule has 1 aliphatic rings. The summed E-state index contributed by atoms with van der Waals surface area (Å²) in [4.78, 5) is 35.1. The van der Waals surface area contributed by atoms with Gasteiger partial charge >= 0.3 is 0 Å². The Labute approximate surface area is 242 Å². The molecule has 0 atom stereocenters. The SMILES string of the molecule is CC1(F)CCN(C(=O)c2ccc(-c3ccc(-c4ccc(CNC(=O)/C=C/c5ccc(N)nc5)o4)c(Cl)c3)nc2)CC1. The minimum Gasteiger partial charge on any atom is -0.459 e. The van der Waals surface area contributed by atoms with E-state index in [2.05, 4.69) is 15.3 Å². The van der Waals surface area contributed by atoms with E-state index < -0.39 is 5.67 Å². The van der Waals surface area contributed by atoms with Crippen LogP contribution < -0.4 is 11.1 Å². The van der Waals surface area contributed by atoms with Crippen molar-refractivity contribution in [3.05, 3.63) is 95.0 Å². The molecule has 0 saturated carbocycles. The first-order chi connectivity index (χ1) is 19.7. The van der Waals surface area contributed by atoms with Crippen LogP contribution in [0.5, 0.6) is 0 Å². The molecule has 0 radical (unpaired) electrons. The molecule has 210 valence electrons. The van der Waals surface area contributed by atoms with Crippen LogP contribution in [0.4, 0.5) is 10.2 Å². The molecule has 8 nitrogen and oxygen atoms in total. The molecule has 4 aromatic rings. The molecule has 2 amide bonds. The van der Waals surface area contributed by atoms with Gasteiger partial charge in [0.05, 0.1) is 22.8 Å². The molecule has 10 heteroatoms. The van der Waals surface area contributed by atoms with Crippen LogP contribution in [0.3, 0.4) is 0 Å². The lowest BCUT2D eigenvalue weighted by atomic mass is 9.95. The van der Waals surface area contributed by atoms with Crippen molar-refractivity contribution in [2.75, 3.05) is 18.8 Å². The predicted octanol–water partition coefficient (Wildman–Crippen LogP) is 5.93. The zero-order valence-electron chi connectivity index (χ0n) is 22.4. The average molecular weight is 574 g/mol. The molecule has 0 bridgehead atoms. The maximum absolute atomic E-state index is 14.1. The number of carbonyl (C=O) groups excluding carboxylic acids is 2. The quantitative estimate of drug-likeness (QED) is 0.265. The second kappa shape index (κ2) is 11.9. The number of furan rings is 1. The van der Waals surface area contributed by atoms with Gasteiger partial charge in [-0.05, 0) is 79.9 Å². The Morgan fingerprint density at radius 3 is 2.59 bits per heavy atom. The summed E-state index contributed by atoms with van der Waals surface area (Å²) in [6, 6.07) is 16.0. The number of benzene rings is 1. The number of nitrogen functional groups attached to an aromatic ring is 1. The van der Waals surface area contributed by atoms with E-state index in [1.54, 1.807) is 66.6 Å². The monoisotopic (exact) mass is 573 g/mol. The molecule has 1 aliphatic heterocycles. The van der Waals surface area contributed by atoms with Crippen LogP contribution in [-0.2, 0) is 11.3 Å². The second-order valence-electron chi connectivity index (χ2n) is 10.2. The number of likely N-dealkylation sites (tertiary alicyclic amines) is 1. The normalized spacial score (nSPS) is 14.8. The highest BCUT2D eigenvalue weighted by Gasteiger charge is 2.31. The highest BCUT2D eigenvalue weighted by atomic mass is 35.5. The van der Waals surface area contributed by atoms with Gasteiger partial charge in [-0.25, -0.2) is 9.37 Å². The molecule has 5 rings (SSSR count). The number of carbonyl (C=O) groups is 2. The van der Waals surface area contributed by atoms with Crippen molar-refractivity contribution in [3.63, 3.8) is 0 Å². The minimum atomic E-state index is -1.22. The molecule has 0 aliphatic carbocycles. The number of nitrogens with zero attached hydrogens (tertiary/aromatic N) is 3. The summed E-state index contributed by atoms with van der Waals surface area (Å²) in [6.45, 7) is 2.57. The van der Waals surface area contributed by atoms with E-state index in [9.17, 15) is 14.0 Å². The first-order valence-corrected chi connectivity index (χ1v) is 13.6. The van der Waals surface area contributed by atoms with Gasteiger partial charge in [0.25, 0.3) is 5.91 Å². The summed E-state index contributed by atoms with van der Waals surface area (Å²) in [5.41, 5.74) is 7.72. The molecule has 3 aromatic heterocycles. The Balaban J connectivity index is 1.19. The zero-order chi connectivity index (χ0) is 29.0. The van der Waals surface area contributed by atoms with Crippen molar-refractivity contribution in [1.29, 1.82) is 0 Å². The lowest BCUT2D eigenvalue weighted by molar-refractivity contribution is -0.116. The molecule has 1 fully saturated rings. The van der Waals surface area contributed by atoms with E-state index in [1.807, 2.05) is 12.1 Å². The lowest BCUT2D eigenvalue weighted by Crippen LogP contribution is -2.43. The standard InChI is InChI=1S/C31H29ClFN5O3/c1-31(33)12-14-38(15-13-31)30(40)22-5-8-26(35-18-22)21-4-7-24(25(32)16-21)27-9-6-23(41-27)19-37-29(39)11-3-20-2-10-28(34)36-17-20/h2-11,16-18H,12-15,19H2,1H3,(H2,34,36)(H,37,39)/b11-3+. The van der Waals surface area contributed by atoms with Gasteiger partial charge in [-0.15, -0.1) is 0 Å². The number of hydrogen-bond donors (Lipinski definition) is 2. The number of hydrogen-bond acceptors (Lipinski definition) is 6. The van der Waals surface area contributed by atoms with Gasteiger partial charge in [0.2, 0.25) is 5.91 Å². The number of nitrogens with two attached hydrogens (primary N) is 1. The van der Waals surface area contributed by atoms with Crippen LogP contribution in [0.25, 0.3) is 28.7 Å². The van der Waals surface area contributed by atoms with Gasteiger partial charge in [0.1, 0.15) is 23.0 Å². The number of rotatable bonds is 7. The Morgan fingerprint density at radius 1 is 1.10 bits per heavy atom. The molecule has 3 N–H and O–H groups in total.